The predicted octanol–water partition coefficient (Wildman–Crippen LogP) is 14.3. The van der Waals surface area contributed by atoms with Crippen molar-refractivity contribution in [3.63, 3.8) is 0 Å². The molecule has 4 aliphatic rings. The summed E-state index contributed by atoms with van der Waals surface area (Å²) in [5.41, 5.74) is 12.1. The van der Waals surface area contributed by atoms with Crippen LogP contribution in [0.2, 0.25) is 0 Å². The lowest BCUT2D eigenvalue weighted by Gasteiger charge is -2.51. The third-order valence-corrected chi connectivity index (χ3v) is 20.1. The van der Waals surface area contributed by atoms with Gasteiger partial charge in [-0.2, -0.15) is 0 Å². The lowest BCUT2D eigenvalue weighted by molar-refractivity contribution is 0.448. The maximum absolute atomic E-state index is 2.87. The molecule has 0 N–H and O–H groups in total. The van der Waals surface area contributed by atoms with Crippen molar-refractivity contribution in [3.8, 4) is 0 Å². The molecular formula is C46H72N2P+. The Balaban J connectivity index is 1.59. The second kappa shape index (κ2) is 16.3. The molecule has 6 rings (SSSR count). The molecule has 3 heteroatoms. The second-order valence-electron chi connectivity index (χ2n) is 17.8. The number of anilines is 2. The Labute approximate surface area is 303 Å². The van der Waals surface area contributed by atoms with E-state index in [1.54, 1.807) is 0 Å². The van der Waals surface area contributed by atoms with E-state index in [2.05, 4.69) is 114 Å². The van der Waals surface area contributed by atoms with E-state index in [0.717, 1.165) is 17.0 Å². The van der Waals surface area contributed by atoms with E-state index in [1.807, 2.05) is 0 Å². The Morgan fingerprint density at radius 3 is 1.02 bits per heavy atom. The number of para-hydroxylation sites is 2. The van der Waals surface area contributed by atoms with Gasteiger partial charge >= 0.3 is 0 Å². The van der Waals surface area contributed by atoms with Crippen LogP contribution in [0.1, 0.15) is 198 Å². The highest BCUT2D eigenvalue weighted by atomic mass is 31.2. The van der Waals surface area contributed by atoms with Crippen molar-refractivity contribution in [2.45, 2.75) is 199 Å². The Hall–Kier alpha value is -1.79. The molecule has 0 radical (unpaired) electrons. The third kappa shape index (κ3) is 7.44. The molecule has 1 aliphatic heterocycles. The van der Waals surface area contributed by atoms with E-state index >= 15 is 0 Å². The smallest absolute Gasteiger partial charge is 0.144 e. The van der Waals surface area contributed by atoms with Gasteiger partial charge in [-0.3, -0.25) is 0 Å². The van der Waals surface area contributed by atoms with E-state index in [9.17, 15) is 0 Å². The van der Waals surface area contributed by atoms with E-state index < -0.39 is 7.26 Å². The Morgan fingerprint density at radius 1 is 0.469 bits per heavy atom. The van der Waals surface area contributed by atoms with Gasteiger partial charge in [-0.15, -0.1) is 0 Å². The molecule has 2 aromatic rings. The molecule has 3 saturated carbocycles. The minimum absolute atomic E-state index is 0.342. The molecule has 0 unspecified atom stereocenters. The van der Waals surface area contributed by atoms with Crippen LogP contribution in [0.4, 0.5) is 11.4 Å². The average molecular weight is 684 g/mol. The summed E-state index contributed by atoms with van der Waals surface area (Å²) in [5, 5.41) is 0. The number of hydrogen-bond acceptors (Lipinski definition) is 2. The van der Waals surface area contributed by atoms with Gasteiger partial charge in [0.1, 0.15) is 6.17 Å². The molecule has 0 spiro atoms. The first kappa shape index (κ1) is 37.0. The summed E-state index contributed by atoms with van der Waals surface area (Å²) < 4.78 is 0. The van der Waals surface area contributed by atoms with Crippen molar-refractivity contribution >= 4 is 18.6 Å². The summed E-state index contributed by atoms with van der Waals surface area (Å²) in [6.45, 7) is 19.4. The second-order valence-corrected chi connectivity index (χ2v) is 22.4. The van der Waals surface area contributed by atoms with Gasteiger partial charge < -0.3 is 9.80 Å². The van der Waals surface area contributed by atoms with Crippen molar-refractivity contribution in [1.29, 1.82) is 0 Å². The van der Waals surface area contributed by atoms with Crippen molar-refractivity contribution in [3.05, 3.63) is 71.1 Å². The zero-order valence-electron chi connectivity index (χ0n) is 32.9. The van der Waals surface area contributed by atoms with Crippen LogP contribution in [0, 0.1) is 0 Å². The van der Waals surface area contributed by atoms with Crippen LogP contribution in [0.25, 0.3) is 0 Å². The molecular weight excluding hydrogens is 611 g/mol. The van der Waals surface area contributed by atoms with E-state index in [0.29, 0.717) is 29.8 Å². The quantitative estimate of drug-likeness (QED) is 0.218. The molecule has 0 bridgehead atoms. The molecule has 0 aromatic heterocycles. The summed E-state index contributed by atoms with van der Waals surface area (Å²) in [4.78, 5) is 5.74. The Kier molecular flexibility index (Phi) is 12.3. The first-order valence-electron chi connectivity index (χ1n) is 21.0. The van der Waals surface area contributed by atoms with Crippen LogP contribution < -0.4 is 9.80 Å². The topological polar surface area (TPSA) is 6.48 Å². The largest absolute Gasteiger partial charge is 0.321 e. The molecule has 0 atom stereocenters. The van der Waals surface area contributed by atoms with Gasteiger partial charge in [-0.05, 0) is 123 Å². The van der Waals surface area contributed by atoms with E-state index in [4.69, 9.17) is 0 Å². The fraction of sp³-hybridized carbons (Fsp3) is 0.696. The van der Waals surface area contributed by atoms with Crippen LogP contribution in [-0.4, -0.2) is 29.3 Å². The number of nitrogens with zero attached hydrogens (tertiary/aromatic N) is 2. The molecule has 49 heavy (non-hydrogen) atoms. The normalized spacial score (nSPS) is 21.0. The summed E-state index contributed by atoms with van der Waals surface area (Å²) >= 11 is 0. The fourth-order valence-corrected chi connectivity index (χ4v) is 18.6. The van der Waals surface area contributed by atoms with Crippen molar-refractivity contribution < 1.29 is 0 Å². The highest BCUT2D eigenvalue weighted by molar-refractivity contribution is 7.78. The summed E-state index contributed by atoms with van der Waals surface area (Å²) in [7, 11) is -1.37. The number of rotatable bonds is 11. The molecule has 0 amide bonds. The summed E-state index contributed by atoms with van der Waals surface area (Å²) in [6, 6.07) is 14.5. The van der Waals surface area contributed by atoms with Crippen LogP contribution in [0.15, 0.2) is 48.8 Å². The van der Waals surface area contributed by atoms with Gasteiger partial charge in [-0.25, -0.2) is 0 Å². The van der Waals surface area contributed by atoms with Crippen molar-refractivity contribution in [2.75, 3.05) is 16.0 Å². The zero-order valence-corrected chi connectivity index (χ0v) is 33.8. The Bertz CT molecular complexity index is 1210. The highest BCUT2D eigenvalue weighted by Gasteiger charge is 2.59. The number of hydrogen-bond donors (Lipinski definition) is 0. The van der Waals surface area contributed by atoms with Crippen LogP contribution in [-0.2, 0) is 0 Å². The Morgan fingerprint density at radius 2 is 0.755 bits per heavy atom. The lowest BCUT2D eigenvalue weighted by Crippen LogP contribution is -2.49. The first-order chi connectivity index (χ1) is 23.6. The zero-order chi connectivity index (χ0) is 34.7. The lowest BCUT2D eigenvalue weighted by atomic mass is 9.91. The fourth-order valence-electron chi connectivity index (χ4n) is 11.0. The molecule has 2 aromatic carbocycles. The van der Waals surface area contributed by atoms with Gasteiger partial charge in [0, 0.05) is 31.0 Å². The maximum atomic E-state index is 2.87. The first-order valence-corrected chi connectivity index (χ1v) is 23.2. The average Bonchev–Trinajstić information content (AvgIpc) is 3.53. The number of benzene rings is 2. The highest BCUT2D eigenvalue weighted by Crippen LogP contribution is 2.78. The molecule has 2 nitrogen and oxygen atoms in total. The molecule has 3 aliphatic carbocycles. The van der Waals surface area contributed by atoms with E-state index in [1.165, 1.54) is 136 Å². The SMILES string of the molecule is CC(C)c1cccc(C(C)C)c1N1C=CN(c2c(C(C)C)cccc2C(C)C)C1C[P+](C1CCCCC1)(C1CCCCC1)C1CCCCC1. The predicted molar refractivity (Wildman–Crippen MR) is 220 cm³/mol. The molecule has 0 saturated heterocycles. The minimum atomic E-state index is -1.37. The van der Waals surface area contributed by atoms with Gasteiger partial charge in [0.25, 0.3) is 0 Å². The van der Waals surface area contributed by atoms with Crippen LogP contribution >= 0.6 is 7.26 Å². The van der Waals surface area contributed by atoms with Gasteiger partial charge in [0.05, 0.1) is 23.1 Å². The minimum Gasteiger partial charge on any atom is -0.321 e. The standard InChI is InChI=1S/C46H72N2P/c1-33(2)40-26-18-27-41(34(3)4)45(40)47-30-31-48(46-42(35(5)6)28-19-29-43(46)36(7)8)44(47)32-49(37-20-12-9-13-21-37,38-22-14-10-15-23-38)39-24-16-11-17-25-39/h18-19,26-31,33-39,44H,9-17,20-25,32H2,1-8H3/q+1. The molecule has 3 fully saturated rings. The third-order valence-electron chi connectivity index (χ3n) is 13.5. The molecule has 270 valence electrons. The summed E-state index contributed by atoms with van der Waals surface area (Å²) in [5.74, 6) is 1.95. The van der Waals surface area contributed by atoms with Gasteiger partial charge in [-0.1, -0.05) is 111 Å². The van der Waals surface area contributed by atoms with Crippen molar-refractivity contribution in [1.82, 2.24) is 0 Å². The molecule has 1 heterocycles. The van der Waals surface area contributed by atoms with Crippen LogP contribution in [0.3, 0.4) is 0 Å². The van der Waals surface area contributed by atoms with E-state index in [-0.39, 0.29) is 0 Å². The summed E-state index contributed by atoms with van der Waals surface area (Å²) in [6.07, 6.45) is 29.2. The van der Waals surface area contributed by atoms with Gasteiger partial charge in [0.2, 0.25) is 0 Å². The van der Waals surface area contributed by atoms with Crippen LogP contribution in [0.5, 0.6) is 0 Å². The van der Waals surface area contributed by atoms with Crippen molar-refractivity contribution in [2.24, 2.45) is 0 Å². The maximum Gasteiger partial charge on any atom is 0.144 e. The van der Waals surface area contributed by atoms with Gasteiger partial charge in [0.15, 0.2) is 0 Å². The monoisotopic (exact) mass is 684 g/mol.